The minimum atomic E-state index is -0.744. The fourth-order valence-electron chi connectivity index (χ4n) is 2.21. The predicted molar refractivity (Wildman–Crippen MR) is 69.4 cm³/mol. The molecule has 0 aromatic heterocycles. The SMILES string of the molecule is C=C[C@H]1OC(C)(C)O[C@@H]1[C@@H](NC(C)=O)C(OC)OC. The van der Waals surface area contributed by atoms with E-state index in [2.05, 4.69) is 11.9 Å². The normalized spacial score (nSPS) is 27.3. The van der Waals surface area contributed by atoms with Crippen LogP contribution in [0.1, 0.15) is 20.8 Å². The molecule has 1 heterocycles. The molecule has 1 aliphatic heterocycles. The highest BCUT2D eigenvalue weighted by Gasteiger charge is 2.46. The molecule has 0 spiro atoms. The Bertz CT molecular complexity index is 327. The summed E-state index contributed by atoms with van der Waals surface area (Å²) >= 11 is 0. The summed E-state index contributed by atoms with van der Waals surface area (Å²) in [6, 6.07) is -0.489. The summed E-state index contributed by atoms with van der Waals surface area (Å²) in [7, 11) is 3.01. The van der Waals surface area contributed by atoms with Gasteiger partial charge in [-0.15, -0.1) is 6.58 Å². The number of ether oxygens (including phenoxy) is 4. The van der Waals surface area contributed by atoms with Crippen molar-refractivity contribution in [1.29, 1.82) is 0 Å². The van der Waals surface area contributed by atoms with Crippen LogP contribution in [0, 0.1) is 0 Å². The molecule has 6 nitrogen and oxygen atoms in total. The van der Waals surface area contributed by atoms with Crippen LogP contribution in [0.5, 0.6) is 0 Å². The summed E-state index contributed by atoms with van der Waals surface area (Å²) in [4.78, 5) is 11.4. The van der Waals surface area contributed by atoms with E-state index < -0.39 is 24.2 Å². The van der Waals surface area contributed by atoms with Crippen molar-refractivity contribution in [3.63, 3.8) is 0 Å². The van der Waals surface area contributed by atoms with E-state index in [1.807, 2.05) is 13.8 Å². The van der Waals surface area contributed by atoms with Crippen LogP contribution < -0.4 is 5.32 Å². The summed E-state index contributed by atoms with van der Waals surface area (Å²) < 4.78 is 22.0. The zero-order chi connectivity index (χ0) is 14.6. The number of carbonyl (C=O) groups excluding carboxylic acids is 1. The minimum Gasteiger partial charge on any atom is -0.354 e. The molecule has 19 heavy (non-hydrogen) atoms. The molecule has 1 saturated heterocycles. The molecule has 1 aliphatic rings. The minimum absolute atomic E-state index is 0.194. The first-order valence-electron chi connectivity index (χ1n) is 6.15. The van der Waals surface area contributed by atoms with Crippen LogP contribution in [0.25, 0.3) is 0 Å². The van der Waals surface area contributed by atoms with Crippen LogP contribution in [-0.2, 0) is 23.7 Å². The van der Waals surface area contributed by atoms with Gasteiger partial charge in [-0.05, 0) is 13.8 Å². The molecule has 1 amide bonds. The third kappa shape index (κ3) is 4.01. The zero-order valence-electron chi connectivity index (χ0n) is 12.1. The Labute approximate surface area is 114 Å². The van der Waals surface area contributed by atoms with E-state index in [0.717, 1.165) is 0 Å². The van der Waals surface area contributed by atoms with Crippen molar-refractivity contribution in [2.24, 2.45) is 0 Å². The molecule has 1 N–H and O–H groups in total. The van der Waals surface area contributed by atoms with Crippen LogP contribution in [0.2, 0.25) is 0 Å². The first kappa shape index (κ1) is 16.1. The largest absolute Gasteiger partial charge is 0.354 e. The zero-order valence-corrected chi connectivity index (χ0v) is 12.1. The number of carbonyl (C=O) groups is 1. The smallest absolute Gasteiger partial charge is 0.217 e. The second-order valence-corrected chi connectivity index (χ2v) is 4.87. The Morgan fingerprint density at radius 3 is 2.37 bits per heavy atom. The number of methoxy groups -OCH3 is 2. The van der Waals surface area contributed by atoms with E-state index in [-0.39, 0.29) is 12.0 Å². The van der Waals surface area contributed by atoms with Gasteiger partial charge in [0.25, 0.3) is 0 Å². The van der Waals surface area contributed by atoms with Gasteiger partial charge in [-0.1, -0.05) is 6.08 Å². The van der Waals surface area contributed by atoms with Crippen LogP contribution in [-0.4, -0.2) is 50.5 Å². The molecular weight excluding hydrogens is 250 g/mol. The monoisotopic (exact) mass is 273 g/mol. The maximum Gasteiger partial charge on any atom is 0.217 e. The lowest BCUT2D eigenvalue weighted by Gasteiger charge is -2.31. The van der Waals surface area contributed by atoms with Gasteiger partial charge < -0.3 is 24.3 Å². The molecule has 0 unspecified atom stereocenters. The van der Waals surface area contributed by atoms with Crippen molar-refractivity contribution in [2.75, 3.05) is 14.2 Å². The summed E-state index contributed by atoms with van der Waals surface area (Å²) in [5, 5.41) is 2.78. The average Bonchev–Trinajstić information content (AvgIpc) is 2.64. The lowest BCUT2D eigenvalue weighted by molar-refractivity contribution is -0.175. The number of rotatable bonds is 6. The fraction of sp³-hybridized carbons (Fsp3) is 0.769. The van der Waals surface area contributed by atoms with Gasteiger partial charge in [-0.2, -0.15) is 0 Å². The highest BCUT2D eigenvalue weighted by Crippen LogP contribution is 2.31. The molecule has 0 aromatic carbocycles. The predicted octanol–water partition coefficient (Wildman–Crippen LogP) is 0.816. The Balaban J connectivity index is 2.95. The number of hydrogen-bond acceptors (Lipinski definition) is 5. The lowest BCUT2D eigenvalue weighted by Crippen LogP contribution is -2.54. The van der Waals surface area contributed by atoms with E-state index in [4.69, 9.17) is 18.9 Å². The van der Waals surface area contributed by atoms with E-state index in [0.29, 0.717) is 0 Å². The van der Waals surface area contributed by atoms with Gasteiger partial charge in [0.2, 0.25) is 5.91 Å². The average molecular weight is 273 g/mol. The van der Waals surface area contributed by atoms with Crippen molar-refractivity contribution in [1.82, 2.24) is 5.32 Å². The topological polar surface area (TPSA) is 66.0 Å². The maximum atomic E-state index is 11.4. The van der Waals surface area contributed by atoms with Crippen LogP contribution >= 0.6 is 0 Å². The molecule has 6 heteroatoms. The number of hydrogen-bond donors (Lipinski definition) is 1. The summed E-state index contributed by atoms with van der Waals surface area (Å²) in [6.45, 7) is 8.78. The molecule has 0 saturated carbocycles. The van der Waals surface area contributed by atoms with E-state index in [1.165, 1.54) is 21.1 Å². The van der Waals surface area contributed by atoms with Crippen molar-refractivity contribution in [3.8, 4) is 0 Å². The van der Waals surface area contributed by atoms with Gasteiger partial charge in [0.05, 0.1) is 0 Å². The van der Waals surface area contributed by atoms with Crippen molar-refractivity contribution >= 4 is 5.91 Å². The van der Waals surface area contributed by atoms with Crippen molar-refractivity contribution in [2.45, 2.75) is 51.1 Å². The molecule has 1 rings (SSSR count). The molecule has 0 aliphatic carbocycles. The first-order valence-corrected chi connectivity index (χ1v) is 6.15. The third-order valence-electron chi connectivity index (χ3n) is 2.88. The lowest BCUT2D eigenvalue weighted by atomic mass is 10.0. The number of amides is 1. The molecule has 0 bridgehead atoms. The Morgan fingerprint density at radius 1 is 1.37 bits per heavy atom. The molecule has 0 radical (unpaired) electrons. The van der Waals surface area contributed by atoms with Gasteiger partial charge in [-0.25, -0.2) is 0 Å². The number of nitrogens with one attached hydrogen (secondary N) is 1. The first-order chi connectivity index (χ1) is 8.84. The van der Waals surface area contributed by atoms with Crippen LogP contribution in [0.4, 0.5) is 0 Å². The molecule has 110 valence electrons. The van der Waals surface area contributed by atoms with E-state index in [9.17, 15) is 4.79 Å². The highest BCUT2D eigenvalue weighted by atomic mass is 16.8. The molecular formula is C13H23NO5. The Kier molecular flexibility index (Phi) is 5.49. The maximum absolute atomic E-state index is 11.4. The summed E-state index contributed by atoms with van der Waals surface area (Å²) in [5.74, 6) is -0.938. The molecule has 1 fully saturated rings. The van der Waals surface area contributed by atoms with Gasteiger partial charge in [0.15, 0.2) is 12.1 Å². The summed E-state index contributed by atoms with van der Waals surface area (Å²) in [6.07, 6.45) is 0.242. The van der Waals surface area contributed by atoms with Gasteiger partial charge >= 0.3 is 0 Å². The van der Waals surface area contributed by atoms with E-state index >= 15 is 0 Å². The van der Waals surface area contributed by atoms with Gasteiger partial charge in [-0.3, -0.25) is 4.79 Å². The van der Waals surface area contributed by atoms with Crippen LogP contribution in [0.3, 0.4) is 0 Å². The Morgan fingerprint density at radius 2 is 1.95 bits per heavy atom. The third-order valence-corrected chi connectivity index (χ3v) is 2.88. The highest BCUT2D eigenvalue weighted by molar-refractivity contribution is 5.73. The van der Waals surface area contributed by atoms with E-state index in [1.54, 1.807) is 6.08 Å². The van der Waals surface area contributed by atoms with Crippen molar-refractivity contribution < 1.29 is 23.7 Å². The molecule has 3 atom stereocenters. The second-order valence-electron chi connectivity index (χ2n) is 4.87. The van der Waals surface area contributed by atoms with Crippen molar-refractivity contribution in [3.05, 3.63) is 12.7 Å². The summed E-state index contributed by atoms with van der Waals surface area (Å²) in [5.41, 5.74) is 0. The fourth-order valence-corrected chi connectivity index (χ4v) is 2.21. The standard InChI is InChI=1S/C13H23NO5/c1-7-9-11(19-13(3,4)18-9)10(14-8(2)15)12(16-5)17-6/h7,9-12H,1H2,2-6H3,(H,14,15)/t9-,10-,11+/m1/s1. The van der Waals surface area contributed by atoms with Crippen LogP contribution in [0.15, 0.2) is 12.7 Å². The quantitative estimate of drug-likeness (QED) is 0.573. The van der Waals surface area contributed by atoms with Gasteiger partial charge in [0.1, 0.15) is 18.2 Å². The Hall–Kier alpha value is -0.950. The second kappa shape index (κ2) is 6.47. The van der Waals surface area contributed by atoms with Gasteiger partial charge in [0, 0.05) is 21.1 Å². The molecule has 0 aromatic rings.